The Kier molecular flexibility index (Phi) is 8.16. The fourth-order valence-electron chi connectivity index (χ4n) is 3.66. The van der Waals surface area contributed by atoms with Crippen molar-refractivity contribution < 1.29 is 53.9 Å². The molecular weight excluding hydrogens is 573 g/mol. The van der Waals surface area contributed by atoms with Gasteiger partial charge in [0, 0.05) is 22.6 Å². The van der Waals surface area contributed by atoms with Crippen molar-refractivity contribution in [1.29, 1.82) is 0 Å². The molecule has 0 saturated heterocycles. The number of nitrogens with zero attached hydrogens (tertiary/aromatic N) is 1. The van der Waals surface area contributed by atoms with E-state index in [9.17, 15) is 49.1 Å². The average molecular weight is 590 g/mol. The van der Waals surface area contributed by atoms with Crippen LogP contribution in [0, 0.1) is 6.92 Å². The van der Waals surface area contributed by atoms with Gasteiger partial charge in [0.15, 0.2) is 0 Å². The Morgan fingerprint density at radius 3 is 2.23 bits per heavy atom. The molecule has 1 atom stereocenters. The van der Waals surface area contributed by atoms with Crippen molar-refractivity contribution in [3.63, 3.8) is 0 Å². The van der Waals surface area contributed by atoms with Crippen LogP contribution in [0.25, 0.3) is 0 Å². The zero-order chi connectivity index (χ0) is 29.4. The minimum absolute atomic E-state index is 0.0476. The second-order valence-electron chi connectivity index (χ2n) is 8.46. The first kappa shape index (κ1) is 30.1. The molecule has 1 aliphatic heterocycles. The number of oxime groups is 1. The fraction of sp³-hybridized carbons (Fsp3) is 0.348. The van der Waals surface area contributed by atoms with Gasteiger partial charge in [-0.15, -0.1) is 0 Å². The molecule has 0 bridgehead atoms. The van der Waals surface area contributed by atoms with Crippen LogP contribution in [0.4, 0.5) is 39.5 Å². The number of alkyl halides is 9. The van der Waals surface area contributed by atoms with E-state index in [4.69, 9.17) is 16.4 Å². The Morgan fingerprint density at radius 1 is 1.00 bits per heavy atom. The van der Waals surface area contributed by atoms with Gasteiger partial charge in [0.1, 0.15) is 6.54 Å². The summed E-state index contributed by atoms with van der Waals surface area (Å²) < 4.78 is 119. The number of nitrogens with one attached hydrogen (secondary N) is 2. The Labute approximate surface area is 219 Å². The normalized spacial score (nSPS) is 17.9. The van der Waals surface area contributed by atoms with Crippen LogP contribution >= 0.6 is 11.6 Å². The lowest BCUT2D eigenvalue weighted by molar-refractivity contribution is -0.276. The summed E-state index contributed by atoms with van der Waals surface area (Å²) in [6, 6.07) is 5.07. The lowest BCUT2D eigenvalue weighted by Gasteiger charge is -2.30. The first-order chi connectivity index (χ1) is 17.8. The van der Waals surface area contributed by atoms with Gasteiger partial charge >= 0.3 is 18.5 Å². The zero-order valence-corrected chi connectivity index (χ0v) is 20.3. The third-order valence-corrected chi connectivity index (χ3v) is 5.80. The monoisotopic (exact) mass is 589 g/mol. The molecular formula is C23H17ClF9N3O3. The molecule has 212 valence electrons. The second-order valence-corrected chi connectivity index (χ2v) is 8.90. The van der Waals surface area contributed by atoms with Crippen LogP contribution in [0.3, 0.4) is 0 Å². The maximum absolute atomic E-state index is 14.2. The second kappa shape index (κ2) is 10.6. The topological polar surface area (TPSA) is 79.8 Å². The van der Waals surface area contributed by atoms with Gasteiger partial charge in [0.05, 0.1) is 17.8 Å². The number of rotatable bonds is 6. The van der Waals surface area contributed by atoms with E-state index >= 15 is 0 Å². The molecule has 2 N–H and O–H groups in total. The number of amides is 2. The molecule has 0 unspecified atom stereocenters. The molecule has 2 aromatic carbocycles. The highest BCUT2D eigenvalue weighted by Crippen LogP contribution is 2.50. The predicted octanol–water partition coefficient (Wildman–Crippen LogP) is 5.66. The van der Waals surface area contributed by atoms with E-state index in [1.54, 1.807) is 5.32 Å². The molecule has 0 aliphatic carbocycles. The van der Waals surface area contributed by atoms with Crippen molar-refractivity contribution in [3.8, 4) is 0 Å². The van der Waals surface area contributed by atoms with Gasteiger partial charge in [-0.25, -0.2) is 0 Å². The molecule has 16 heteroatoms. The lowest BCUT2D eigenvalue weighted by atomic mass is 9.85. The SMILES string of the molecule is Cc1cc(C2=NO[C@@](c3cc(Cl)cc(C(F)(F)F)c3)(C(F)(F)F)C2)ccc1C(=O)NCC(=O)NCC(F)(F)F. The van der Waals surface area contributed by atoms with E-state index < -0.39 is 71.6 Å². The largest absolute Gasteiger partial charge is 0.435 e. The highest BCUT2D eigenvalue weighted by molar-refractivity contribution is 6.30. The van der Waals surface area contributed by atoms with Crippen molar-refractivity contribution in [1.82, 2.24) is 10.6 Å². The van der Waals surface area contributed by atoms with Crippen LogP contribution in [0.2, 0.25) is 5.02 Å². The first-order valence-corrected chi connectivity index (χ1v) is 11.1. The Balaban J connectivity index is 1.81. The Morgan fingerprint density at radius 2 is 1.67 bits per heavy atom. The number of hydrogen-bond acceptors (Lipinski definition) is 4. The molecule has 2 amide bonds. The molecule has 6 nitrogen and oxygen atoms in total. The lowest BCUT2D eigenvalue weighted by Crippen LogP contribution is -2.43. The van der Waals surface area contributed by atoms with Gasteiger partial charge in [-0.05, 0) is 48.4 Å². The maximum Gasteiger partial charge on any atom is 0.435 e. The van der Waals surface area contributed by atoms with Crippen molar-refractivity contribution in [2.45, 2.75) is 37.5 Å². The quantitative estimate of drug-likeness (QED) is 0.427. The summed E-state index contributed by atoms with van der Waals surface area (Å²) in [4.78, 5) is 28.6. The van der Waals surface area contributed by atoms with E-state index in [0.29, 0.717) is 12.1 Å². The van der Waals surface area contributed by atoms with Gasteiger partial charge in [-0.1, -0.05) is 22.8 Å². The van der Waals surface area contributed by atoms with Gasteiger partial charge in [0.2, 0.25) is 5.91 Å². The number of aryl methyl sites for hydroxylation is 1. The minimum atomic E-state index is -5.21. The minimum Gasteiger partial charge on any atom is -0.374 e. The number of carbonyl (C=O) groups is 2. The summed E-state index contributed by atoms with van der Waals surface area (Å²) >= 11 is 5.68. The van der Waals surface area contributed by atoms with Crippen LogP contribution in [-0.2, 0) is 21.4 Å². The smallest absolute Gasteiger partial charge is 0.374 e. The summed E-state index contributed by atoms with van der Waals surface area (Å²) in [6.07, 6.45) is -15.9. The summed E-state index contributed by atoms with van der Waals surface area (Å²) in [7, 11) is 0. The number of hydrogen-bond donors (Lipinski definition) is 2. The highest BCUT2D eigenvalue weighted by Gasteiger charge is 2.62. The molecule has 0 aromatic heterocycles. The standard InChI is InChI=1S/C23H17ClF9N3O3/c1-11-4-12(2-3-16(11)19(38)34-9-18(37)35-10-21(25,26)27)17-8-20(39-36-17,23(31,32)33)13-5-14(22(28,29)30)7-15(24)6-13/h2-7H,8-10H2,1H3,(H,34,38)(H,35,37)/t20-/m0/s1. The van der Waals surface area contributed by atoms with E-state index in [-0.39, 0.29) is 28.5 Å². The molecule has 39 heavy (non-hydrogen) atoms. The van der Waals surface area contributed by atoms with Crippen molar-refractivity contribution >= 4 is 29.1 Å². The van der Waals surface area contributed by atoms with Crippen molar-refractivity contribution in [3.05, 3.63) is 69.2 Å². The van der Waals surface area contributed by atoms with Crippen LogP contribution < -0.4 is 10.6 Å². The van der Waals surface area contributed by atoms with Crippen LogP contribution in [-0.4, -0.2) is 43.0 Å². The van der Waals surface area contributed by atoms with Crippen LogP contribution in [0.5, 0.6) is 0 Å². The molecule has 1 heterocycles. The number of halogens is 10. The summed E-state index contributed by atoms with van der Waals surface area (Å²) in [5.74, 6) is -1.96. The van der Waals surface area contributed by atoms with Gasteiger partial charge < -0.3 is 15.5 Å². The van der Waals surface area contributed by atoms with E-state index in [1.165, 1.54) is 25.1 Å². The molecule has 1 aliphatic rings. The average Bonchev–Trinajstić information content (AvgIpc) is 3.27. The molecule has 2 aromatic rings. The predicted molar refractivity (Wildman–Crippen MR) is 119 cm³/mol. The Bertz CT molecular complexity index is 1310. The highest BCUT2D eigenvalue weighted by atomic mass is 35.5. The maximum atomic E-state index is 14.2. The molecule has 0 spiro atoms. The van der Waals surface area contributed by atoms with E-state index in [1.807, 2.05) is 0 Å². The van der Waals surface area contributed by atoms with E-state index in [2.05, 4.69) is 10.5 Å². The van der Waals surface area contributed by atoms with Crippen LogP contribution in [0.1, 0.15) is 39.0 Å². The third-order valence-electron chi connectivity index (χ3n) is 5.58. The fourth-order valence-corrected chi connectivity index (χ4v) is 3.90. The van der Waals surface area contributed by atoms with Crippen molar-refractivity contribution in [2.24, 2.45) is 5.16 Å². The Hall–Kier alpha value is -3.49. The zero-order valence-electron chi connectivity index (χ0n) is 19.5. The molecule has 0 saturated carbocycles. The van der Waals surface area contributed by atoms with Gasteiger partial charge in [-0.2, -0.15) is 39.5 Å². The molecule has 0 fully saturated rings. The van der Waals surface area contributed by atoms with Crippen LogP contribution in [0.15, 0.2) is 41.6 Å². The summed E-state index contributed by atoms with van der Waals surface area (Å²) in [5.41, 5.74) is -5.70. The molecule has 0 radical (unpaired) electrons. The molecule has 3 rings (SSSR count). The number of benzene rings is 2. The van der Waals surface area contributed by atoms with E-state index in [0.717, 1.165) is 0 Å². The number of carbonyl (C=O) groups excluding carboxylic acids is 2. The van der Waals surface area contributed by atoms with Gasteiger partial charge in [0.25, 0.3) is 11.5 Å². The van der Waals surface area contributed by atoms with Gasteiger partial charge in [-0.3, -0.25) is 9.59 Å². The third kappa shape index (κ3) is 6.94. The first-order valence-electron chi connectivity index (χ1n) is 10.7. The summed E-state index contributed by atoms with van der Waals surface area (Å²) in [5, 5.41) is 6.55. The van der Waals surface area contributed by atoms with Crippen molar-refractivity contribution in [2.75, 3.05) is 13.1 Å². The summed E-state index contributed by atoms with van der Waals surface area (Å²) in [6.45, 7) is -0.974.